The summed E-state index contributed by atoms with van der Waals surface area (Å²) in [6.07, 6.45) is 1.36. The molecular weight excluding hydrogens is 277 g/mol. The number of nitrogens with one attached hydrogen (secondary N) is 1. The Morgan fingerprint density at radius 2 is 2.19 bits per heavy atom. The zero-order valence-corrected chi connectivity index (χ0v) is 10.9. The minimum atomic E-state index is -1.31. The van der Waals surface area contributed by atoms with E-state index < -0.39 is 11.8 Å². The molecule has 0 saturated carbocycles. The van der Waals surface area contributed by atoms with Crippen molar-refractivity contribution in [2.45, 2.75) is 6.92 Å². The van der Waals surface area contributed by atoms with E-state index in [4.69, 9.17) is 5.11 Å². The van der Waals surface area contributed by atoms with E-state index in [2.05, 4.69) is 20.4 Å². The topological polar surface area (TPSA) is 92.4 Å². The molecule has 0 fully saturated rings. The highest BCUT2D eigenvalue weighted by Gasteiger charge is 2.11. The van der Waals surface area contributed by atoms with Crippen molar-refractivity contribution in [3.63, 3.8) is 0 Å². The normalized spacial score (nSPS) is 10.8. The van der Waals surface area contributed by atoms with Crippen molar-refractivity contribution in [2.24, 2.45) is 0 Å². The molecule has 3 aromatic rings. The lowest BCUT2D eigenvalue weighted by Gasteiger charge is -2.09. The van der Waals surface area contributed by atoms with Gasteiger partial charge in [-0.2, -0.15) is 14.6 Å². The largest absolute Gasteiger partial charge is 0.478 e. The fraction of sp³-hybridized carbons (Fsp3) is 0.0769. The quantitative estimate of drug-likeness (QED) is 0.765. The first-order chi connectivity index (χ1) is 10.0. The van der Waals surface area contributed by atoms with Gasteiger partial charge in [-0.05, 0) is 25.1 Å². The standard InChI is InChI=1S/C13H10FN5O2/c1-7-4-11(19-13(17-7)15-6-16-19)18-8-2-3-9(12(20)21)10(14)5-8/h2-6,18H,1H3,(H,20,21). The molecule has 0 aliphatic rings. The van der Waals surface area contributed by atoms with Gasteiger partial charge in [0.25, 0.3) is 5.78 Å². The predicted molar refractivity (Wildman–Crippen MR) is 72.2 cm³/mol. The van der Waals surface area contributed by atoms with Gasteiger partial charge in [0.2, 0.25) is 0 Å². The summed E-state index contributed by atoms with van der Waals surface area (Å²) in [6.45, 7) is 1.80. The highest BCUT2D eigenvalue weighted by Crippen LogP contribution is 2.20. The summed E-state index contributed by atoms with van der Waals surface area (Å²) in [5.74, 6) is -1.15. The number of carboxylic acids is 1. The number of aromatic nitrogens is 4. The van der Waals surface area contributed by atoms with Crippen molar-refractivity contribution in [3.8, 4) is 0 Å². The molecule has 0 saturated heterocycles. The van der Waals surface area contributed by atoms with E-state index in [1.807, 2.05) is 0 Å². The van der Waals surface area contributed by atoms with E-state index >= 15 is 0 Å². The summed E-state index contributed by atoms with van der Waals surface area (Å²) in [7, 11) is 0. The molecule has 0 amide bonds. The molecule has 7 nitrogen and oxygen atoms in total. The third kappa shape index (κ3) is 2.38. The van der Waals surface area contributed by atoms with Gasteiger partial charge in [-0.3, -0.25) is 0 Å². The Hall–Kier alpha value is -3.03. The van der Waals surface area contributed by atoms with E-state index in [0.717, 1.165) is 11.8 Å². The van der Waals surface area contributed by atoms with Crippen LogP contribution in [0.5, 0.6) is 0 Å². The van der Waals surface area contributed by atoms with Crippen molar-refractivity contribution in [2.75, 3.05) is 5.32 Å². The molecule has 0 unspecified atom stereocenters. The first kappa shape index (κ1) is 13.0. The molecule has 0 spiro atoms. The minimum Gasteiger partial charge on any atom is -0.478 e. The van der Waals surface area contributed by atoms with Crippen LogP contribution in [0.25, 0.3) is 5.78 Å². The molecule has 2 N–H and O–H groups in total. The van der Waals surface area contributed by atoms with Crippen molar-refractivity contribution < 1.29 is 14.3 Å². The van der Waals surface area contributed by atoms with Crippen LogP contribution in [0.4, 0.5) is 15.9 Å². The van der Waals surface area contributed by atoms with Gasteiger partial charge in [-0.25, -0.2) is 14.2 Å². The Bertz CT molecular complexity index is 846. The number of rotatable bonds is 3. The molecule has 106 valence electrons. The predicted octanol–water partition coefficient (Wildman–Crippen LogP) is 2.01. The second-order valence-corrected chi connectivity index (χ2v) is 4.38. The van der Waals surface area contributed by atoms with Crippen LogP contribution in [0.15, 0.2) is 30.6 Å². The maximum atomic E-state index is 13.7. The molecule has 0 bridgehead atoms. The monoisotopic (exact) mass is 287 g/mol. The van der Waals surface area contributed by atoms with Gasteiger partial charge < -0.3 is 10.4 Å². The smallest absolute Gasteiger partial charge is 0.338 e. The molecule has 0 atom stereocenters. The average Bonchev–Trinajstić information content (AvgIpc) is 2.86. The van der Waals surface area contributed by atoms with E-state index in [1.54, 1.807) is 13.0 Å². The highest BCUT2D eigenvalue weighted by molar-refractivity contribution is 5.88. The second kappa shape index (κ2) is 4.82. The van der Waals surface area contributed by atoms with E-state index in [9.17, 15) is 9.18 Å². The van der Waals surface area contributed by atoms with Crippen molar-refractivity contribution in [3.05, 3.63) is 47.7 Å². The molecule has 0 radical (unpaired) electrons. The number of hydrogen-bond donors (Lipinski definition) is 2. The van der Waals surface area contributed by atoms with Crippen LogP contribution < -0.4 is 5.32 Å². The van der Waals surface area contributed by atoms with Crippen LogP contribution in [0, 0.1) is 12.7 Å². The second-order valence-electron chi connectivity index (χ2n) is 4.38. The van der Waals surface area contributed by atoms with Gasteiger partial charge in [-0.1, -0.05) is 0 Å². The van der Waals surface area contributed by atoms with Gasteiger partial charge in [0.15, 0.2) is 0 Å². The number of fused-ring (bicyclic) bond motifs is 1. The summed E-state index contributed by atoms with van der Waals surface area (Å²) in [6, 6.07) is 5.52. The first-order valence-electron chi connectivity index (χ1n) is 6.02. The molecule has 3 rings (SSSR count). The van der Waals surface area contributed by atoms with Crippen LogP contribution in [0.2, 0.25) is 0 Å². The third-order valence-corrected chi connectivity index (χ3v) is 2.85. The van der Waals surface area contributed by atoms with Gasteiger partial charge >= 0.3 is 5.97 Å². The number of nitrogens with zero attached hydrogens (tertiary/aromatic N) is 4. The van der Waals surface area contributed by atoms with Crippen molar-refractivity contribution in [1.82, 2.24) is 19.6 Å². The van der Waals surface area contributed by atoms with Crippen LogP contribution in [-0.4, -0.2) is 30.7 Å². The summed E-state index contributed by atoms with van der Waals surface area (Å²) < 4.78 is 15.1. The fourth-order valence-corrected chi connectivity index (χ4v) is 1.93. The number of carboxylic acid groups (broad SMARTS) is 1. The zero-order chi connectivity index (χ0) is 15.0. The van der Waals surface area contributed by atoms with Crippen molar-refractivity contribution >= 4 is 23.3 Å². The molecule has 2 aromatic heterocycles. The number of benzene rings is 1. The zero-order valence-electron chi connectivity index (χ0n) is 10.9. The lowest BCUT2D eigenvalue weighted by atomic mass is 10.2. The molecule has 0 aliphatic carbocycles. The van der Waals surface area contributed by atoms with E-state index in [0.29, 0.717) is 17.3 Å². The molecule has 8 heteroatoms. The Morgan fingerprint density at radius 1 is 1.38 bits per heavy atom. The van der Waals surface area contributed by atoms with Crippen LogP contribution in [-0.2, 0) is 0 Å². The minimum absolute atomic E-state index is 0.377. The lowest BCUT2D eigenvalue weighted by Crippen LogP contribution is -2.04. The maximum Gasteiger partial charge on any atom is 0.338 e. The van der Waals surface area contributed by atoms with Gasteiger partial charge in [-0.15, -0.1) is 0 Å². The van der Waals surface area contributed by atoms with E-state index in [-0.39, 0.29) is 5.56 Å². The van der Waals surface area contributed by atoms with Crippen LogP contribution in [0.1, 0.15) is 16.1 Å². The number of aryl methyl sites for hydroxylation is 1. The van der Waals surface area contributed by atoms with Gasteiger partial charge in [0.05, 0.1) is 5.56 Å². The first-order valence-corrected chi connectivity index (χ1v) is 6.02. The number of halogens is 1. The molecule has 2 heterocycles. The summed E-state index contributed by atoms with van der Waals surface area (Å²) >= 11 is 0. The van der Waals surface area contributed by atoms with Gasteiger partial charge in [0.1, 0.15) is 18.0 Å². The maximum absolute atomic E-state index is 13.7. The van der Waals surface area contributed by atoms with Crippen LogP contribution >= 0.6 is 0 Å². The lowest BCUT2D eigenvalue weighted by molar-refractivity contribution is 0.0692. The SMILES string of the molecule is Cc1cc(Nc2ccc(C(=O)O)c(F)c2)n2ncnc2n1. The number of hydrogen-bond acceptors (Lipinski definition) is 5. The average molecular weight is 287 g/mol. The Labute approximate surface area is 118 Å². The Morgan fingerprint density at radius 3 is 2.90 bits per heavy atom. The Kier molecular flexibility index (Phi) is 2.98. The molecular formula is C13H10FN5O2. The summed E-state index contributed by atoms with van der Waals surface area (Å²) in [5.41, 5.74) is 0.748. The number of carbonyl (C=O) groups is 1. The van der Waals surface area contributed by atoms with Crippen LogP contribution in [0.3, 0.4) is 0 Å². The van der Waals surface area contributed by atoms with E-state index in [1.165, 1.54) is 23.0 Å². The Balaban J connectivity index is 2.00. The summed E-state index contributed by atoms with van der Waals surface area (Å²) in [5, 5.41) is 15.8. The number of aromatic carboxylic acids is 1. The highest BCUT2D eigenvalue weighted by atomic mass is 19.1. The fourth-order valence-electron chi connectivity index (χ4n) is 1.93. The van der Waals surface area contributed by atoms with Gasteiger partial charge in [0, 0.05) is 17.4 Å². The molecule has 1 aromatic carbocycles. The third-order valence-electron chi connectivity index (χ3n) is 2.85. The van der Waals surface area contributed by atoms with Crippen molar-refractivity contribution in [1.29, 1.82) is 0 Å². The number of anilines is 2. The summed E-state index contributed by atoms with van der Waals surface area (Å²) in [4.78, 5) is 19.0. The molecule has 21 heavy (non-hydrogen) atoms. The molecule has 0 aliphatic heterocycles.